The van der Waals surface area contributed by atoms with E-state index in [2.05, 4.69) is 15.1 Å². The minimum absolute atomic E-state index is 0.00300. The number of aromatic nitrogens is 2. The Kier molecular flexibility index (Phi) is 4.06. The van der Waals surface area contributed by atoms with Gasteiger partial charge in [-0.3, -0.25) is 4.79 Å². The summed E-state index contributed by atoms with van der Waals surface area (Å²) in [6.45, 7) is 5.92. The van der Waals surface area contributed by atoms with Crippen LogP contribution in [0.4, 0.5) is 5.69 Å². The molecule has 3 heterocycles. The van der Waals surface area contributed by atoms with Crippen molar-refractivity contribution in [3.8, 4) is 0 Å². The Balaban J connectivity index is 1.92. The number of pyridine rings is 1. The molecular formula is C15H22N4O2P+. The van der Waals surface area contributed by atoms with Crippen LogP contribution in [-0.2, 0) is 0 Å². The van der Waals surface area contributed by atoms with Gasteiger partial charge in [0.25, 0.3) is 5.91 Å². The summed E-state index contributed by atoms with van der Waals surface area (Å²) >= 11 is 0. The van der Waals surface area contributed by atoms with Crippen LogP contribution in [0.1, 0.15) is 23.2 Å². The van der Waals surface area contributed by atoms with Gasteiger partial charge in [-0.2, -0.15) is 5.10 Å². The highest BCUT2D eigenvalue weighted by molar-refractivity contribution is 7.73. The second kappa shape index (κ2) is 5.86. The van der Waals surface area contributed by atoms with Gasteiger partial charge in [0.1, 0.15) is 7.41 Å². The Hall–Kier alpha value is -1.65. The summed E-state index contributed by atoms with van der Waals surface area (Å²) in [5, 5.41) is 16.5. The van der Waals surface area contributed by atoms with Crippen LogP contribution in [0.5, 0.6) is 0 Å². The van der Waals surface area contributed by atoms with Crippen LogP contribution in [-0.4, -0.2) is 53.4 Å². The molecule has 1 fully saturated rings. The normalized spacial score (nSPS) is 15.5. The Morgan fingerprint density at radius 2 is 2.14 bits per heavy atom. The summed E-state index contributed by atoms with van der Waals surface area (Å²) < 4.78 is 1.72. The van der Waals surface area contributed by atoms with Crippen molar-refractivity contribution in [1.29, 1.82) is 0 Å². The van der Waals surface area contributed by atoms with Crippen LogP contribution in [0.25, 0.3) is 5.52 Å². The second-order valence-corrected chi connectivity index (χ2v) is 10.1. The number of nitrogens with zero attached hydrogens (tertiary/aromatic N) is 3. The topological polar surface area (TPSA) is 69.9 Å². The molecule has 0 radical (unpaired) electrons. The van der Waals surface area contributed by atoms with Gasteiger partial charge in [0, 0.05) is 25.0 Å². The van der Waals surface area contributed by atoms with Gasteiger partial charge in [-0.15, -0.1) is 0 Å². The van der Waals surface area contributed by atoms with Gasteiger partial charge in [-0.25, -0.2) is 9.60 Å². The van der Waals surface area contributed by atoms with E-state index in [0.717, 1.165) is 24.3 Å². The molecule has 7 heteroatoms. The SMILES string of the molecule is C[P+](C)(CO)NC(=O)c1cnn2ccc(N3CCCC3)cc12. The van der Waals surface area contributed by atoms with E-state index in [1.165, 1.54) is 12.8 Å². The zero-order valence-corrected chi connectivity index (χ0v) is 13.9. The van der Waals surface area contributed by atoms with E-state index in [1.807, 2.05) is 31.7 Å². The number of hydrogen-bond donors (Lipinski definition) is 2. The highest BCUT2D eigenvalue weighted by Crippen LogP contribution is 2.45. The second-order valence-electron chi connectivity index (χ2n) is 6.23. The van der Waals surface area contributed by atoms with Gasteiger partial charge >= 0.3 is 0 Å². The molecular weight excluding hydrogens is 299 g/mol. The average Bonchev–Trinajstić information content (AvgIpc) is 3.15. The zero-order chi connectivity index (χ0) is 15.7. The number of anilines is 1. The number of aliphatic hydroxyl groups excluding tert-OH is 1. The maximum Gasteiger partial charge on any atom is 0.286 e. The van der Waals surface area contributed by atoms with Crippen molar-refractivity contribution >= 4 is 24.5 Å². The molecule has 22 heavy (non-hydrogen) atoms. The Morgan fingerprint density at radius 3 is 2.82 bits per heavy atom. The quantitative estimate of drug-likeness (QED) is 0.843. The van der Waals surface area contributed by atoms with Gasteiger partial charge in [0.05, 0.1) is 30.6 Å². The lowest BCUT2D eigenvalue weighted by atomic mass is 10.2. The molecule has 0 unspecified atom stereocenters. The van der Waals surface area contributed by atoms with E-state index in [-0.39, 0.29) is 12.3 Å². The van der Waals surface area contributed by atoms with Crippen molar-refractivity contribution in [2.75, 3.05) is 37.7 Å². The first-order valence-corrected chi connectivity index (χ1v) is 10.4. The average molecular weight is 321 g/mol. The van der Waals surface area contributed by atoms with Crippen molar-refractivity contribution in [2.45, 2.75) is 12.8 Å². The molecule has 1 aliphatic heterocycles. The lowest BCUT2D eigenvalue weighted by Crippen LogP contribution is -2.24. The summed E-state index contributed by atoms with van der Waals surface area (Å²) in [5.74, 6) is -0.166. The first-order valence-electron chi connectivity index (χ1n) is 7.49. The Bertz CT molecular complexity index is 692. The zero-order valence-electron chi connectivity index (χ0n) is 13.0. The third kappa shape index (κ3) is 2.94. The number of nitrogens with one attached hydrogen (secondary N) is 1. The summed E-state index contributed by atoms with van der Waals surface area (Å²) in [6, 6.07) is 4.06. The highest BCUT2D eigenvalue weighted by atomic mass is 31.2. The molecule has 118 valence electrons. The van der Waals surface area contributed by atoms with Crippen molar-refractivity contribution in [3.63, 3.8) is 0 Å². The van der Waals surface area contributed by atoms with E-state index >= 15 is 0 Å². The number of carbonyl (C=O) groups excluding carboxylic acids is 1. The molecule has 2 aromatic rings. The molecule has 0 spiro atoms. The minimum Gasteiger partial charge on any atom is -0.371 e. The molecule has 6 nitrogen and oxygen atoms in total. The van der Waals surface area contributed by atoms with Crippen LogP contribution in [0.15, 0.2) is 24.5 Å². The van der Waals surface area contributed by atoms with E-state index in [4.69, 9.17) is 0 Å². The smallest absolute Gasteiger partial charge is 0.286 e. The number of hydrogen-bond acceptors (Lipinski definition) is 4. The first kappa shape index (κ1) is 15.3. The van der Waals surface area contributed by atoms with Gasteiger partial charge in [0.15, 0.2) is 6.35 Å². The number of aliphatic hydroxyl groups is 1. The molecule has 0 saturated carbocycles. The molecule has 0 atom stereocenters. The van der Waals surface area contributed by atoms with Crippen LogP contribution < -0.4 is 9.99 Å². The van der Waals surface area contributed by atoms with Crippen LogP contribution in [0.3, 0.4) is 0 Å². The molecule has 3 rings (SSSR count). The Morgan fingerprint density at radius 1 is 1.41 bits per heavy atom. The van der Waals surface area contributed by atoms with E-state index in [1.54, 1.807) is 10.7 Å². The van der Waals surface area contributed by atoms with Crippen molar-refractivity contribution < 1.29 is 9.90 Å². The van der Waals surface area contributed by atoms with Crippen molar-refractivity contribution in [2.24, 2.45) is 0 Å². The van der Waals surface area contributed by atoms with Crippen LogP contribution in [0, 0.1) is 0 Å². The number of carbonyl (C=O) groups is 1. The third-order valence-corrected chi connectivity index (χ3v) is 5.49. The predicted molar refractivity (Wildman–Crippen MR) is 90.0 cm³/mol. The van der Waals surface area contributed by atoms with Crippen LogP contribution >= 0.6 is 7.41 Å². The third-order valence-electron chi connectivity index (χ3n) is 3.98. The van der Waals surface area contributed by atoms with Crippen molar-refractivity contribution in [3.05, 3.63) is 30.1 Å². The molecule has 1 saturated heterocycles. The standard InChI is InChI=1S/C15H21N4O2P/c1-22(2,11-20)17-15(21)13-10-16-19-8-5-12(9-14(13)19)18-6-3-4-7-18/h5,8-10,20H,3-4,6-7,11H2,1-2H3/p+1. The maximum atomic E-state index is 12.5. The van der Waals surface area contributed by atoms with E-state index < -0.39 is 7.41 Å². The summed E-state index contributed by atoms with van der Waals surface area (Å²) in [7, 11) is -1.82. The fourth-order valence-corrected chi connectivity index (χ4v) is 3.43. The van der Waals surface area contributed by atoms with E-state index in [9.17, 15) is 9.90 Å². The van der Waals surface area contributed by atoms with E-state index in [0.29, 0.717) is 5.56 Å². The predicted octanol–water partition coefficient (Wildman–Crippen LogP) is 1.81. The lowest BCUT2D eigenvalue weighted by molar-refractivity contribution is 0.0982. The van der Waals surface area contributed by atoms with Crippen molar-refractivity contribution in [1.82, 2.24) is 14.7 Å². The van der Waals surface area contributed by atoms with Gasteiger partial charge < -0.3 is 10.0 Å². The van der Waals surface area contributed by atoms with Gasteiger partial charge in [-0.1, -0.05) is 0 Å². The molecule has 0 aromatic carbocycles. The monoisotopic (exact) mass is 321 g/mol. The largest absolute Gasteiger partial charge is 0.371 e. The Labute approximate surface area is 130 Å². The summed E-state index contributed by atoms with van der Waals surface area (Å²) in [6.07, 6.45) is 5.92. The maximum absolute atomic E-state index is 12.5. The molecule has 1 aliphatic rings. The van der Waals surface area contributed by atoms with Crippen LogP contribution in [0.2, 0.25) is 0 Å². The number of fused-ring (bicyclic) bond motifs is 1. The molecule has 2 aromatic heterocycles. The number of amides is 1. The van der Waals surface area contributed by atoms with Gasteiger partial charge in [0.2, 0.25) is 0 Å². The first-order chi connectivity index (χ1) is 10.5. The fraction of sp³-hybridized carbons (Fsp3) is 0.467. The molecule has 1 amide bonds. The molecule has 0 bridgehead atoms. The molecule has 2 N–H and O–H groups in total. The lowest BCUT2D eigenvalue weighted by Gasteiger charge is -2.18. The van der Waals surface area contributed by atoms with Gasteiger partial charge in [-0.05, 0) is 25.0 Å². The fourth-order valence-electron chi connectivity index (χ4n) is 2.69. The highest BCUT2D eigenvalue weighted by Gasteiger charge is 2.28. The minimum atomic E-state index is -1.82. The summed E-state index contributed by atoms with van der Waals surface area (Å²) in [5.41, 5.74) is 2.50. The molecule has 0 aliphatic carbocycles. The number of rotatable bonds is 4. The summed E-state index contributed by atoms with van der Waals surface area (Å²) in [4.78, 5) is 14.8.